The first-order chi connectivity index (χ1) is 11.6. The first-order valence-corrected chi connectivity index (χ1v) is 8.73. The number of benzene rings is 1. The second-order valence-corrected chi connectivity index (χ2v) is 6.89. The largest absolute Gasteiger partial charge is 0.338 e. The van der Waals surface area contributed by atoms with Crippen LogP contribution in [0.1, 0.15) is 50.5 Å². The minimum absolute atomic E-state index is 0.0193. The summed E-state index contributed by atoms with van der Waals surface area (Å²) < 4.78 is 0. The summed E-state index contributed by atoms with van der Waals surface area (Å²) in [5, 5.41) is 15.3. The third-order valence-corrected chi connectivity index (χ3v) is 5.13. The molecule has 1 atom stereocenters. The van der Waals surface area contributed by atoms with Crippen molar-refractivity contribution in [1.82, 2.24) is 5.32 Å². The van der Waals surface area contributed by atoms with Crippen molar-refractivity contribution in [3.63, 3.8) is 0 Å². The highest BCUT2D eigenvalue weighted by Crippen LogP contribution is 2.29. The van der Waals surface area contributed by atoms with Gasteiger partial charge in [-0.25, -0.2) is 0 Å². The normalized spacial score (nSPS) is 22.0. The SMILES string of the molecule is N#CC1(NC(=O)CCC2Cc3ccccc3NC2=O)CCCCC1. The zero-order chi connectivity index (χ0) is 17.0. The van der Waals surface area contributed by atoms with E-state index in [1.165, 1.54) is 0 Å². The van der Waals surface area contributed by atoms with Crippen LogP contribution >= 0.6 is 0 Å². The fourth-order valence-corrected chi connectivity index (χ4v) is 3.70. The summed E-state index contributed by atoms with van der Waals surface area (Å²) in [4.78, 5) is 24.5. The lowest BCUT2D eigenvalue weighted by Crippen LogP contribution is -2.48. The lowest BCUT2D eigenvalue weighted by Gasteiger charge is -2.32. The molecule has 0 radical (unpaired) electrons. The number of hydrogen-bond donors (Lipinski definition) is 2. The fourth-order valence-electron chi connectivity index (χ4n) is 3.70. The Hall–Kier alpha value is -2.35. The molecule has 2 amide bonds. The van der Waals surface area contributed by atoms with Gasteiger partial charge in [-0.3, -0.25) is 9.59 Å². The highest BCUT2D eigenvalue weighted by molar-refractivity contribution is 5.96. The van der Waals surface area contributed by atoms with Gasteiger partial charge in [0, 0.05) is 18.0 Å². The molecule has 0 aromatic heterocycles. The number of anilines is 1. The number of fused-ring (bicyclic) bond motifs is 1. The number of amides is 2. The Bertz CT molecular complexity index is 671. The molecule has 0 bridgehead atoms. The fraction of sp³-hybridized carbons (Fsp3) is 0.526. The molecule has 1 heterocycles. The van der Waals surface area contributed by atoms with Crippen molar-refractivity contribution in [3.05, 3.63) is 29.8 Å². The molecule has 1 aliphatic heterocycles. The molecule has 1 aromatic rings. The van der Waals surface area contributed by atoms with E-state index in [1.54, 1.807) is 0 Å². The van der Waals surface area contributed by atoms with Gasteiger partial charge in [0.2, 0.25) is 11.8 Å². The summed E-state index contributed by atoms with van der Waals surface area (Å²) in [6.07, 6.45) is 6.00. The van der Waals surface area contributed by atoms with Crippen LogP contribution in [-0.4, -0.2) is 17.4 Å². The lowest BCUT2D eigenvalue weighted by atomic mass is 9.82. The minimum Gasteiger partial charge on any atom is -0.338 e. The second kappa shape index (κ2) is 7.04. The smallest absolute Gasteiger partial charge is 0.227 e. The van der Waals surface area contributed by atoms with Crippen molar-refractivity contribution in [3.8, 4) is 6.07 Å². The zero-order valence-electron chi connectivity index (χ0n) is 13.8. The Balaban J connectivity index is 1.55. The standard InChI is InChI=1S/C19H23N3O2/c20-13-19(10-4-1-5-11-19)22-17(23)9-8-15-12-14-6-2-3-7-16(14)21-18(15)24/h2-3,6-7,15H,1,4-5,8-12H2,(H,21,24)(H,22,23). The minimum atomic E-state index is -0.698. The molecule has 0 spiro atoms. The molecule has 1 aliphatic carbocycles. The van der Waals surface area contributed by atoms with Crippen molar-refractivity contribution < 1.29 is 9.59 Å². The number of carbonyl (C=O) groups is 2. The molecule has 126 valence electrons. The molecule has 24 heavy (non-hydrogen) atoms. The Morgan fingerprint density at radius 2 is 2.04 bits per heavy atom. The zero-order valence-corrected chi connectivity index (χ0v) is 13.8. The van der Waals surface area contributed by atoms with E-state index in [4.69, 9.17) is 0 Å². The van der Waals surface area contributed by atoms with Gasteiger partial charge in [0.05, 0.1) is 6.07 Å². The van der Waals surface area contributed by atoms with Crippen LogP contribution in [0.4, 0.5) is 5.69 Å². The predicted molar refractivity (Wildman–Crippen MR) is 91.1 cm³/mol. The Labute approximate surface area is 142 Å². The molecular formula is C19H23N3O2. The van der Waals surface area contributed by atoms with Crippen molar-refractivity contribution in [2.45, 2.75) is 56.9 Å². The third-order valence-electron chi connectivity index (χ3n) is 5.13. The van der Waals surface area contributed by atoms with Crippen molar-refractivity contribution in [1.29, 1.82) is 5.26 Å². The average molecular weight is 325 g/mol. The molecule has 5 heteroatoms. The molecule has 1 saturated carbocycles. The molecule has 1 fully saturated rings. The molecule has 0 saturated heterocycles. The first kappa shape index (κ1) is 16.5. The van der Waals surface area contributed by atoms with Crippen LogP contribution in [0.5, 0.6) is 0 Å². The van der Waals surface area contributed by atoms with Gasteiger partial charge in [-0.1, -0.05) is 37.5 Å². The van der Waals surface area contributed by atoms with E-state index in [0.717, 1.165) is 43.4 Å². The number of hydrogen-bond acceptors (Lipinski definition) is 3. The Kier molecular flexibility index (Phi) is 4.84. The molecule has 3 rings (SSSR count). The Morgan fingerprint density at radius 3 is 2.79 bits per heavy atom. The summed E-state index contributed by atoms with van der Waals surface area (Å²) in [6, 6.07) is 10.1. The van der Waals surface area contributed by atoms with E-state index in [2.05, 4.69) is 16.7 Å². The van der Waals surface area contributed by atoms with Crippen LogP contribution in [0.2, 0.25) is 0 Å². The molecule has 1 unspecified atom stereocenters. The number of para-hydroxylation sites is 1. The topological polar surface area (TPSA) is 82.0 Å². The third kappa shape index (κ3) is 3.59. The number of nitriles is 1. The lowest BCUT2D eigenvalue weighted by molar-refractivity contribution is -0.124. The van der Waals surface area contributed by atoms with Crippen LogP contribution in [-0.2, 0) is 16.0 Å². The quantitative estimate of drug-likeness (QED) is 0.893. The predicted octanol–water partition coefficient (Wildman–Crippen LogP) is 2.92. The van der Waals surface area contributed by atoms with E-state index in [0.29, 0.717) is 12.8 Å². The molecular weight excluding hydrogens is 302 g/mol. The van der Waals surface area contributed by atoms with E-state index in [1.807, 2.05) is 24.3 Å². The first-order valence-electron chi connectivity index (χ1n) is 8.73. The maximum atomic E-state index is 12.3. The molecule has 2 N–H and O–H groups in total. The highest BCUT2D eigenvalue weighted by Gasteiger charge is 2.34. The van der Waals surface area contributed by atoms with E-state index in [9.17, 15) is 14.9 Å². The summed E-state index contributed by atoms with van der Waals surface area (Å²) >= 11 is 0. The van der Waals surface area contributed by atoms with Gasteiger partial charge < -0.3 is 10.6 Å². The van der Waals surface area contributed by atoms with Crippen molar-refractivity contribution >= 4 is 17.5 Å². The summed E-state index contributed by atoms with van der Waals surface area (Å²) in [5.41, 5.74) is 1.29. The number of rotatable bonds is 4. The number of nitrogens with one attached hydrogen (secondary N) is 2. The summed E-state index contributed by atoms with van der Waals surface area (Å²) in [7, 11) is 0. The van der Waals surface area contributed by atoms with Crippen LogP contribution in [0.15, 0.2) is 24.3 Å². The summed E-state index contributed by atoms with van der Waals surface area (Å²) in [6.45, 7) is 0. The monoisotopic (exact) mass is 325 g/mol. The van der Waals surface area contributed by atoms with Crippen molar-refractivity contribution in [2.24, 2.45) is 5.92 Å². The van der Waals surface area contributed by atoms with E-state index >= 15 is 0 Å². The van der Waals surface area contributed by atoms with Crippen LogP contribution in [0, 0.1) is 17.2 Å². The van der Waals surface area contributed by atoms with E-state index in [-0.39, 0.29) is 24.2 Å². The maximum absolute atomic E-state index is 12.3. The second-order valence-electron chi connectivity index (χ2n) is 6.89. The van der Waals surface area contributed by atoms with Gasteiger partial charge in [0.15, 0.2) is 0 Å². The van der Waals surface area contributed by atoms with Gasteiger partial charge in [0.1, 0.15) is 5.54 Å². The van der Waals surface area contributed by atoms with Crippen molar-refractivity contribution in [2.75, 3.05) is 5.32 Å². The average Bonchev–Trinajstić information content (AvgIpc) is 2.60. The van der Waals surface area contributed by atoms with Gasteiger partial charge in [-0.05, 0) is 37.3 Å². The van der Waals surface area contributed by atoms with Gasteiger partial charge in [-0.15, -0.1) is 0 Å². The van der Waals surface area contributed by atoms with Gasteiger partial charge >= 0.3 is 0 Å². The van der Waals surface area contributed by atoms with Crippen LogP contribution in [0.25, 0.3) is 0 Å². The van der Waals surface area contributed by atoms with Gasteiger partial charge in [0.25, 0.3) is 0 Å². The van der Waals surface area contributed by atoms with E-state index < -0.39 is 5.54 Å². The maximum Gasteiger partial charge on any atom is 0.227 e. The van der Waals surface area contributed by atoms with Crippen LogP contribution in [0.3, 0.4) is 0 Å². The molecule has 5 nitrogen and oxygen atoms in total. The van der Waals surface area contributed by atoms with Crippen LogP contribution < -0.4 is 10.6 Å². The number of carbonyl (C=O) groups excluding carboxylic acids is 2. The Morgan fingerprint density at radius 1 is 1.29 bits per heavy atom. The van der Waals surface area contributed by atoms with Gasteiger partial charge in [-0.2, -0.15) is 5.26 Å². The summed E-state index contributed by atoms with van der Waals surface area (Å²) in [5.74, 6) is -0.325. The highest BCUT2D eigenvalue weighted by atomic mass is 16.2. The number of nitrogens with zero attached hydrogens (tertiary/aromatic N) is 1. The molecule has 1 aromatic carbocycles. The molecule has 2 aliphatic rings.